The molecule has 1 aromatic carbocycles. The largest absolute Gasteiger partial charge is 0.377 e. The van der Waals surface area contributed by atoms with Crippen molar-refractivity contribution >= 4 is 11.6 Å². The Bertz CT molecular complexity index is 487. The average molecular weight is 285 g/mol. The van der Waals surface area contributed by atoms with Gasteiger partial charge in [0, 0.05) is 12.1 Å². The summed E-state index contributed by atoms with van der Waals surface area (Å²) in [6.45, 7) is 3.21. The number of halogens is 2. The SMILES string of the molecule is CCC1COCCN1C(=O)c1cc(F)c(NN)c(F)c1. The maximum Gasteiger partial charge on any atom is 0.254 e. The minimum atomic E-state index is -0.892. The monoisotopic (exact) mass is 285 g/mol. The zero-order valence-electron chi connectivity index (χ0n) is 11.2. The number of morpholine rings is 1. The smallest absolute Gasteiger partial charge is 0.254 e. The predicted octanol–water partition coefficient (Wildman–Crippen LogP) is 1.50. The van der Waals surface area contributed by atoms with Crippen LogP contribution in [-0.2, 0) is 4.74 Å². The van der Waals surface area contributed by atoms with E-state index in [9.17, 15) is 13.6 Å². The number of anilines is 1. The van der Waals surface area contributed by atoms with Crippen molar-refractivity contribution in [2.45, 2.75) is 19.4 Å². The fourth-order valence-electron chi connectivity index (χ4n) is 2.26. The van der Waals surface area contributed by atoms with Crippen molar-refractivity contribution in [3.05, 3.63) is 29.3 Å². The number of carbonyl (C=O) groups is 1. The van der Waals surface area contributed by atoms with E-state index in [2.05, 4.69) is 0 Å². The zero-order valence-corrected chi connectivity index (χ0v) is 11.2. The third-order valence-corrected chi connectivity index (χ3v) is 3.39. The normalized spacial score (nSPS) is 19.0. The highest BCUT2D eigenvalue weighted by atomic mass is 19.1. The second-order valence-electron chi connectivity index (χ2n) is 4.59. The van der Waals surface area contributed by atoms with Gasteiger partial charge in [-0.1, -0.05) is 6.92 Å². The lowest BCUT2D eigenvalue weighted by Crippen LogP contribution is -2.48. The van der Waals surface area contributed by atoms with Crippen LogP contribution in [0.4, 0.5) is 14.5 Å². The summed E-state index contributed by atoms with van der Waals surface area (Å²) in [4.78, 5) is 13.9. The van der Waals surface area contributed by atoms with Crippen LogP contribution in [0, 0.1) is 11.6 Å². The summed E-state index contributed by atoms with van der Waals surface area (Å²) in [5.41, 5.74) is 1.46. The standard InChI is InChI=1S/C13H17F2N3O2/c1-2-9-7-20-4-3-18(9)13(19)8-5-10(14)12(17-16)11(15)6-8/h5-6,9,17H,2-4,7,16H2,1H3. The number of nitrogens with zero attached hydrogens (tertiary/aromatic N) is 1. The van der Waals surface area contributed by atoms with Crippen LogP contribution in [0.5, 0.6) is 0 Å². The number of nitrogens with one attached hydrogen (secondary N) is 1. The molecule has 1 saturated heterocycles. The van der Waals surface area contributed by atoms with Crippen molar-refractivity contribution < 1.29 is 18.3 Å². The maximum atomic E-state index is 13.6. The van der Waals surface area contributed by atoms with Gasteiger partial charge in [0.05, 0.1) is 19.3 Å². The van der Waals surface area contributed by atoms with Crippen LogP contribution in [-0.4, -0.2) is 36.6 Å². The highest BCUT2D eigenvalue weighted by Gasteiger charge is 2.27. The number of hydrogen-bond acceptors (Lipinski definition) is 4. The lowest BCUT2D eigenvalue weighted by Gasteiger charge is -2.35. The van der Waals surface area contributed by atoms with Gasteiger partial charge in [-0.3, -0.25) is 10.6 Å². The van der Waals surface area contributed by atoms with E-state index in [-0.39, 0.29) is 11.6 Å². The molecule has 1 unspecified atom stereocenters. The molecule has 20 heavy (non-hydrogen) atoms. The fraction of sp³-hybridized carbons (Fsp3) is 0.462. The first kappa shape index (κ1) is 14.7. The number of hydrazine groups is 1. The Balaban J connectivity index is 2.28. The molecule has 5 nitrogen and oxygen atoms in total. The first-order chi connectivity index (χ1) is 9.58. The van der Waals surface area contributed by atoms with Gasteiger partial charge in [-0.15, -0.1) is 0 Å². The van der Waals surface area contributed by atoms with E-state index in [1.54, 1.807) is 4.90 Å². The van der Waals surface area contributed by atoms with E-state index in [1.165, 1.54) is 0 Å². The zero-order chi connectivity index (χ0) is 14.7. The summed E-state index contributed by atoms with van der Waals surface area (Å²) in [5, 5.41) is 0. The van der Waals surface area contributed by atoms with Crippen molar-refractivity contribution in [3.63, 3.8) is 0 Å². The topological polar surface area (TPSA) is 67.6 Å². The number of benzene rings is 1. The number of nitrogen functional groups attached to an aromatic ring is 1. The molecule has 1 aliphatic heterocycles. The van der Waals surface area contributed by atoms with Crippen molar-refractivity contribution in [2.24, 2.45) is 5.84 Å². The number of hydrogen-bond donors (Lipinski definition) is 2. The van der Waals surface area contributed by atoms with E-state index in [0.29, 0.717) is 19.8 Å². The Labute approximate surface area is 115 Å². The molecule has 0 aromatic heterocycles. The third-order valence-electron chi connectivity index (χ3n) is 3.39. The van der Waals surface area contributed by atoms with Gasteiger partial charge in [0.2, 0.25) is 0 Å². The lowest BCUT2D eigenvalue weighted by atomic mass is 10.1. The molecule has 2 rings (SSSR count). The van der Waals surface area contributed by atoms with E-state index in [4.69, 9.17) is 10.6 Å². The minimum absolute atomic E-state index is 0.0284. The Kier molecular flexibility index (Phi) is 4.51. The summed E-state index contributed by atoms with van der Waals surface area (Å²) in [5.74, 6) is 2.84. The van der Waals surface area contributed by atoms with Crippen LogP contribution >= 0.6 is 0 Å². The van der Waals surface area contributed by atoms with Crippen LogP contribution in [0.1, 0.15) is 23.7 Å². The third kappa shape index (κ3) is 2.73. The fourth-order valence-corrected chi connectivity index (χ4v) is 2.26. The highest BCUT2D eigenvalue weighted by Crippen LogP contribution is 2.22. The van der Waals surface area contributed by atoms with Crippen LogP contribution in [0.2, 0.25) is 0 Å². The second-order valence-corrected chi connectivity index (χ2v) is 4.59. The molecule has 7 heteroatoms. The molecule has 1 aromatic rings. The first-order valence-corrected chi connectivity index (χ1v) is 6.42. The summed E-state index contributed by atoms with van der Waals surface area (Å²) >= 11 is 0. The van der Waals surface area contributed by atoms with Crippen LogP contribution in [0.25, 0.3) is 0 Å². The molecular formula is C13H17F2N3O2. The minimum Gasteiger partial charge on any atom is -0.377 e. The molecule has 0 saturated carbocycles. The van der Waals surface area contributed by atoms with Crippen LogP contribution in [0.3, 0.4) is 0 Å². The van der Waals surface area contributed by atoms with Gasteiger partial charge in [0.15, 0.2) is 11.6 Å². The van der Waals surface area contributed by atoms with Crippen LogP contribution < -0.4 is 11.3 Å². The first-order valence-electron chi connectivity index (χ1n) is 6.42. The summed E-state index contributed by atoms with van der Waals surface area (Å²) in [6, 6.07) is 1.90. The number of nitrogens with two attached hydrogens (primary N) is 1. The molecule has 0 aliphatic carbocycles. The van der Waals surface area contributed by atoms with E-state index in [0.717, 1.165) is 18.6 Å². The molecule has 0 radical (unpaired) electrons. The number of amides is 1. The maximum absolute atomic E-state index is 13.6. The van der Waals surface area contributed by atoms with E-state index in [1.807, 2.05) is 12.3 Å². The van der Waals surface area contributed by atoms with Gasteiger partial charge in [-0.05, 0) is 18.6 Å². The molecule has 0 spiro atoms. The van der Waals surface area contributed by atoms with Gasteiger partial charge in [-0.2, -0.15) is 0 Å². The Hall–Kier alpha value is -1.73. The van der Waals surface area contributed by atoms with Crippen molar-refractivity contribution in [1.29, 1.82) is 0 Å². The molecule has 110 valence electrons. The molecule has 1 aliphatic rings. The summed E-state index contributed by atoms with van der Waals surface area (Å²) in [7, 11) is 0. The van der Waals surface area contributed by atoms with Crippen molar-refractivity contribution in [3.8, 4) is 0 Å². The molecule has 1 heterocycles. The predicted molar refractivity (Wildman–Crippen MR) is 70.1 cm³/mol. The van der Waals surface area contributed by atoms with Gasteiger partial charge >= 0.3 is 0 Å². The Morgan fingerprint density at radius 2 is 2.15 bits per heavy atom. The van der Waals surface area contributed by atoms with Gasteiger partial charge < -0.3 is 15.1 Å². The average Bonchev–Trinajstić information content (AvgIpc) is 2.46. The summed E-state index contributed by atoms with van der Waals surface area (Å²) in [6.07, 6.45) is 0.721. The molecular weight excluding hydrogens is 268 g/mol. The van der Waals surface area contributed by atoms with Gasteiger partial charge in [-0.25, -0.2) is 8.78 Å². The van der Waals surface area contributed by atoms with Crippen LogP contribution in [0.15, 0.2) is 12.1 Å². The van der Waals surface area contributed by atoms with Gasteiger partial charge in [0.1, 0.15) is 5.69 Å². The Morgan fingerprint density at radius 1 is 1.50 bits per heavy atom. The molecule has 3 N–H and O–H groups in total. The number of rotatable bonds is 3. The molecule has 1 amide bonds. The molecule has 0 bridgehead atoms. The summed E-state index contributed by atoms with van der Waals surface area (Å²) < 4.78 is 32.6. The van der Waals surface area contributed by atoms with E-state index < -0.39 is 23.2 Å². The highest BCUT2D eigenvalue weighted by molar-refractivity contribution is 5.95. The number of carbonyl (C=O) groups excluding carboxylic acids is 1. The lowest BCUT2D eigenvalue weighted by molar-refractivity contribution is -0.00283. The second kappa shape index (κ2) is 6.15. The van der Waals surface area contributed by atoms with Crippen molar-refractivity contribution in [1.82, 2.24) is 4.90 Å². The molecule has 1 atom stereocenters. The van der Waals surface area contributed by atoms with E-state index >= 15 is 0 Å². The molecule has 1 fully saturated rings. The quantitative estimate of drug-likeness (QED) is 0.652. The Morgan fingerprint density at radius 3 is 2.70 bits per heavy atom. The van der Waals surface area contributed by atoms with Gasteiger partial charge in [0.25, 0.3) is 5.91 Å². The number of ether oxygens (including phenoxy) is 1. The van der Waals surface area contributed by atoms with Crippen molar-refractivity contribution in [2.75, 3.05) is 25.2 Å².